The number of hydrogen-bond donors (Lipinski definition) is 2. The lowest BCUT2D eigenvalue weighted by Crippen LogP contribution is -2.23. The Morgan fingerprint density at radius 2 is 1.95 bits per heavy atom. The maximum absolute atomic E-state index is 5.97. The van der Waals surface area contributed by atoms with Crippen molar-refractivity contribution in [1.82, 2.24) is 0 Å². The Morgan fingerprint density at radius 1 is 1.23 bits per heavy atom. The highest BCUT2D eigenvalue weighted by Crippen LogP contribution is 2.29. The SMILES string of the molecule is CCCCC(CC)CN=C(N)Nc1ccc(OC)c(OC)c1. The minimum Gasteiger partial charge on any atom is -0.493 e. The standard InChI is InChI=1S/C17H29N3O2/c1-5-7-8-13(6-2)12-19-17(18)20-14-9-10-15(21-3)16(11-14)22-4/h9-11,13H,5-8,12H2,1-4H3,(H3,18,19,20). The number of nitrogens with zero attached hydrogens (tertiary/aromatic N) is 1. The largest absolute Gasteiger partial charge is 0.493 e. The number of methoxy groups -OCH3 is 2. The van der Waals surface area contributed by atoms with Gasteiger partial charge in [-0.3, -0.25) is 4.99 Å². The minimum atomic E-state index is 0.433. The van der Waals surface area contributed by atoms with Crippen LogP contribution in [0.2, 0.25) is 0 Å². The first kappa shape index (κ1) is 18.1. The molecular formula is C17H29N3O2. The van der Waals surface area contributed by atoms with Crippen LogP contribution in [-0.4, -0.2) is 26.7 Å². The monoisotopic (exact) mass is 307 g/mol. The van der Waals surface area contributed by atoms with Gasteiger partial charge >= 0.3 is 0 Å². The van der Waals surface area contributed by atoms with E-state index in [0.29, 0.717) is 23.4 Å². The quantitative estimate of drug-likeness (QED) is 0.540. The number of nitrogens with two attached hydrogens (primary N) is 1. The number of rotatable bonds is 9. The molecule has 22 heavy (non-hydrogen) atoms. The number of benzene rings is 1. The highest BCUT2D eigenvalue weighted by atomic mass is 16.5. The Kier molecular flexibility index (Phi) is 8.18. The summed E-state index contributed by atoms with van der Waals surface area (Å²) in [6.07, 6.45) is 4.81. The average molecular weight is 307 g/mol. The fraction of sp³-hybridized carbons (Fsp3) is 0.588. The molecular weight excluding hydrogens is 278 g/mol. The molecule has 0 aliphatic rings. The molecule has 0 heterocycles. The molecule has 0 saturated heterocycles. The summed E-state index contributed by atoms with van der Waals surface area (Å²) in [7, 11) is 3.22. The van der Waals surface area contributed by atoms with Gasteiger partial charge in [-0.05, 0) is 24.5 Å². The highest BCUT2D eigenvalue weighted by molar-refractivity contribution is 5.92. The van der Waals surface area contributed by atoms with Crippen LogP contribution in [0.4, 0.5) is 5.69 Å². The van der Waals surface area contributed by atoms with Crippen LogP contribution >= 0.6 is 0 Å². The van der Waals surface area contributed by atoms with E-state index in [1.165, 1.54) is 19.3 Å². The average Bonchev–Trinajstić information content (AvgIpc) is 2.54. The van der Waals surface area contributed by atoms with Gasteiger partial charge in [0.2, 0.25) is 0 Å². The van der Waals surface area contributed by atoms with Crippen LogP contribution < -0.4 is 20.5 Å². The van der Waals surface area contributed by atoms with Crippen LogP contribution in [0.25, 0.3) is 0 Å². The molecule has 3 N–H and O–H groups in total. The molecule has 124 valence electrons. The molecule has 0 aromatic heterocycles. The topological polar surface area (TPSA) is 68.9 Å². The number of ether oxygens (including phenoxy) is 2. The van der Waals surface area contributed by atoms with Crippen molar-refractivity contribution in [2.75, 3.05) is 26.1 Å². The summed E-state index contributed by atoms with van der Waals surface area (Å²) < 4.78 is 10.5. The van der Waals surface area contributed by atoms with Gasteiger partial charge in [0, 0.05) is 18.3 Å². The van der Waals surface area contributed by atoms with E-state index in [-0.39, 0.29) is 0 Å². The maximum atomic E-state index is 5.97. The lowest BCUT2D eigenvalue weighted by atomic mass is 10.00. The van der Waals surface area contributed by atoms with Crippen LogP contribution in [0.15, 0.2) is 23.2 Å². The predicted octanol–water partition coefficient (Wildman–Crippen LogP) is 3.65. The fourth-order valence-electron chi connectivity index (χ4n) is 2.25. The van der Waals surface area contributed by atoms with Crippen molar-refractivity contribution in [3.8, 4) is 11.5 Å². The van der Waals surface area contributed by atoms with E-state index in [1.54, 1.807) is 14.2 Å². The summed E-state index contributed by atoms with van der Waals surface area (Å²) in [4.78, 5) is 4.45. The van der Waals surface area contributed by atoms with Crippen LogP contribution in [-0.2, 0) is 0 Å². The molecule has 1 atom stereocenters. The van der Waals surface area contributed by atoms with Gasteiger partial charge in [-0.1, -0.05) is 33.1 Å². The van der Waals surface area contributed by atoms with Crippen molar-refractivity contribution in [2.24, 2.45) is 16.6 Å². The van der Waals surface area contributed by atoms with Gasteiger partial charge in [0.15, 0.2) is 17.5 Å². The van der Waals surface area contributed by atoms with Crippen LogP contribution in [0.3, 0.4) is 0 Å². The smallest absolute Gasteiger partial charge is 0.193 e. The number of anilines is 1. The zero-order valence-corrected chi connectivity index (χ0v) is 14.2. The number of nitrogens with one attached hydrogen (secondary N) is 1. The van der Waals surface area contributed by atoms with Crippen molar-refractivity contribution >= 4 is 11.6 Å². The lowest BCUT2D eigenvalue weighted by Gasteiger charge is -2.13. The zero-order chi connectivity index (χ0) is 16.4. The number of unbranched alkanes of at least 4 members (excludes halogenated alkanes) is 1. The Labute approximate surface area is 133 Å². The zero-order valence-electron chi connectivity index (χ0n) is 14.2. The minimum absolute atomic E-state index is 0.433. The first-order chi connectivity index (χ1) is 10.6. The first-order valence-electron chi connectivity index (χ1n) is 7.93. The van der Waals surface area contributed by atoms with Gasteiger partial charge in [-0.25, -0.2) is 0 Å². The summed E-state index contributed by atoms with van der Waals surface area (Å²) in [5.41, 5.74) is 6.80. The number of hydrogen-bond acceptors (Lipinski definition) is 3. The third-order valence-electron chi connectivity index (χ3n) is 3.72. The van der Waals surface area contributed by atoms with Crippen molar-refractivity contribution in [2.45, 2.75) is 39.5 Å². The van der Waals surface area contributed by atoms with Gasteiger partial charge < -0.3 is 20.5 Å². The van der Waals surface area contributed by atoms with Crippen LogP contribution in [0.5, 0.6) is 11.5 Å². The molecule has 5 nitrogen and oxygen atoms in total. The second-order valence-corrected chi connectivity index (χ2v) is 5.34. The van der Waals surface area contributed by atoms with E-state index in [1.807, 2.05) is 18.2 Å². The van der Waals surface area contributed by atoms with E-state index in [9.17, 15) is 0 Å². The molecule has 0 aliphatic heterocycles. The number of guanidine groups is 1. The Hall–Kier alpha value is -1.91. The molecule has 0 spiro atoms. The lowest BCUT2D eigenvalue weighted by molar-refractivity contribution is 0.355. The predicted molar refractivity (Wildman–Crippen MR) is 93.0 cm³/mol. The molecule has 1 aromatic carbocycles. The van der Waals surface area contributed by atoms with Crippen molar-refractivity contribution in [3.05, 3.63) is 18.2 Å². The molecule has 0 bridgehead atoms. The molecule has 0 aliphatic carbocycles. The molecule has 0 amide bonds. The van der Waals surface area contributed by atoms with Crippen molar-refractivity contribution < 1.29 is 9.47 Å². The summed E-state index contributed by atoms with van der Waals surface area (Å²) in [5, 5.41) is 3.10. The number of aliphatic imine (C=N–C) groups is 1. The van der Waals surface area contributed by atoms with Crippen LogP contribution in [0, 0.1) is 5.92 Å². The van der Waals surface area contributed by atoms with E-state index in [0.717, 1.165) is 18.7 Å². The van der Waals surface area contributed by atoms with Crippen molar-refractivity contribution in [3.63, 3.8) is 0 Å². The van der Waals surface area contributed by atoms with Gasteiger partial charge in [0.05, 0.1) is 14.2 Å². The van der Waals surface area contributed by atoms with E-state index in [4.69, 9.17) is 15.2 Å². The summed E-state index contributed by atoms with van der Waals surface area (Å²) in [6.45, 7) is 5.18. The van der Waals surface area contributed by atoms with Crippen LogP contribution in [0.1, 0.15) is 39.5 Å². The highest BCUT2D eigenvalue weighted by Gasteiger charge is 2.07. The second-order valence-electron chi connectivity index (χ2n) is 5.34. The Bertz CT molecular complexity index is 475. The summed E-state index contributed by atoms with van der Waals surface area (Å²) in [6, 6.07) is 5.57. The molecule has 1 rings (SSSR count). The summed E-state index contributed by atoms with van der Waals surface area (Å²) in [5.74, 6) is 2.39. The summed E-state index contributed by atoms with van der Waals surface area (Å²) >= 11 is 0. The third kappa shape index (κ3) is 5.84. The molecule has 0 fully saturated rings. The molecule has 1 aromatic rings. The van der Waals surface area contributed by atoms with Gasteiger partial charge in [0.25, 0.3) is 0 Å². The Morgan fingerprint density at radius 3 is 2.55 bits per heavy atom. The first-order valence-corrected chi connectivity index (χ1v) is 7.93. The third-order valence-corrected chi connectivity index (χ3v) is 3.72. The molecule has 0 radical (unpaired) electrons. The molecule has 5 heteroatoms. The van der Waals surface area contributed by atoms with E-state index >= 15 is 0 Å². The Balaban J connectivity index is 2.63. The molecule has 1 unspecified atom stereocenters. The van der Waals surface area contributed by atoms with E-state index < -0.39 is 0 Å². The van der Waals surface area contributed by atoms with E-state index in [2.05, 4.69) is 24.2 Å². The van der Waals surface area contributed by atoms with Gasteiger partial charge in [-0.15, -0.1) is 0 Å². The van der Waals surface area contributed by atoms with Crippen molar-refractivity contribution in [1.29, 1.82) is 0 Å². The van der Waals surface area contributed by atoms with Gasteiger partial charge in [0.1, 0.15) is 0 Å². The maximum Gasteiger partial charge on any atom is 0.193 e. The fourth-order valence-corrected chi connectivity index (χ4v) is 2.25. The molecule has 0 saturated carbocycles. The second kappa shape index (κ2) is 9.92. The normalized spacial score (nSPS) is 12.8. The van der Waals surface area contributed by atoms with Gasteiger partial charge in [-0.2, -0.15) is 0 Å².